The Hall–Kier alpha value is -0.0900. The molecule has 0 radical (unpaired) electrons. The normalized spacial score (nSPS) is 31.2. The standard InChI is InChI=1S/C17H34O3S/c1-15(2)17(3)13-9-5-4-7-11-16(21(18,19)20)12-8-6-10-14-17/h15-16H,4-14H2,1-3H3,(H,18,19,20). The molecule has 2 unspecified atom stereocenters. The largest absolute Gasteiger partial charge is 0.285 e. The van der Waals surface area contributed by atoms with E-state index in [4.69, 9.17) is 0 Å². The number of hydrogen-bond donors (Lipinski definition) is 1. The summed E-state index contributed by atoms with van der Waals surface area (Å²) in [5.74, 6) is 0.702. The van der Waals surface area contributed by atoms with Crippen LogP contribution < -0.4 is 0 Å². The zero-order chi connectivity index (χ0) is 15.9. The van der Waals surface area contributed by atoms with Crippen LogP contribution in [0.4, 0.5) is 0 Å². The molecule has 0 bridgehead atoms. The summed E-state index contributed by atoms with van der Waals surface area (Å²) in [5, 5.41) is -0.533. The predicted octanol–water partition coefficient (Wildman–Crippen LogP) is 5.21. The van der Waals surface area contributed by atoms with Crippen LogP contribution in [0.15, 0.2) is 0 Å². The van der Waals surface area contributed by atoms with Crippen molar-refractivity contribution in [1.82, 2.24) is 0 Å². The van der Waals surface area contributed by atoms with E-state index in [0.717, 1.165) is 25.7 Å². The fourth-order valence-corrected chi connectivity index (χ4v) is 4.41. The van der Waals surface area contributed by atoms with Gasteiger partial charge >= 0.3 is 0 Å². The van der Waals surface area contributed by atoms with Gasteiger partial charge in [-0.05, 0) is 37.0 Å². The van der Waals surface area contributed by atoms with Crippen molar-refractivity contribution in [1.29, 1.82) is 0 Å². The highest BCUT2D eigenvalue weighted by Gasteiger charge is 2.28. The summed E-state index contributed by atoms with van der Waals surface area (Å²) >= 11 is 0. The van der Waals surface area contributed by atoms with Gasteiger partial charge in [-0.1, -0.05) is 65.7 Å². The van der Waals surface area contributed by atoms with Crippen LogP contribution in [0.3, 0.4) is 0 Å². The quantitative estimate of drug-likeness (QED) is 0.711. The van der Waals surface area contributed by atoms with E-state index < -0.39 is 15.4 Å². The minimum atomic E-state index is -3.86. The van der Waals surface area contributed by atoms with Crippen molar-refractivity contribution in [3.63, 3.8) is 0 Å². The van der Waals surface area contributed by atoms with Crippen molar-refractivity contribution < 1.29 is 13.0 Å². The molecule has 1 saturated carbocycles. The van der Waals surface area contributed by atoms with Crippen molar-refractivity contribution in [3.8, 4) is 0 Å². The molecule has 1 fully saturated rings. The third kappa shape index (κ3) is 6.68. The third-order valence-corrected chi connectivity index (χ3v) is 6.93. The van der Waals surface area contributed by atoms with E-state index in [1.54, 1.807) is 0 Å². The zero-order valence-corrected chi connectivity index (χ0v) is 14.9. The van der Waals surface area contributed by atoms with Gasteiger partial charge in [0.1, 0.15) is 0 Å². The Labute approximate surface area is 131 Å². The molecule has 3 nitrogen and oxygen atoms in total. The van der Waals surface area contributed by atoms with E-state index in [-0.39, 0.29) is 0 Å². The summed E-state index contributed by atoms with van der Waals surface area (Å²) in [7, 11) is -3.86. The second-order valence-electron chi connectivity index (χ2n) is 7.50. The van der Waals surface area contributed by atoms with Crippen molar-refractivity contribution in [2.45, 2.75) is 96.7 Å². The van der Waals surface area contributed by atoms with E-state index in [0.29, 0.717) is 24.2 Å². The molecule has 0 amide bonds. The van der Waals surface area contributed by atoms with Gasteiger partial charge in [-0.25, -0.2) is 0 Å². The predicted molar refractivity (Wildman–Crippen MR) is 89.1 cm³/mol. The summed E-state index contributed by atoms with van der Waals surface area (Å²) in [6, 6.07) is 0. The van der Waals surface area contributed by atoms with E-state index in [2.05, 4.69) is 20.8 Å². The molecule has 0 spiro atoms. The van der Waals surface area contributed by atoms with Crippen LogP contribution >= 0.6 is 0 Å². The van der Waals surface area contributed by atoms with E-state index in [9.17, 15) is 13.0 Å². The molecular formula is C17H34O3S. The molecule has 0 aromatic carbocycles. The number of rotatable bonds is 2. The Kier molecular flexibility index (Phi) is 7.69. The maximum absolute atomic E-state index is 11.4. The van der Waals surface area contributed by atoms with Crippen LogP contribution in [0.25, 0.3) is 0 Å². The highest BCUT2D eigenvalue weighted by molar-refractivity contribution is 7.86. The fraction of sp³-hybridized carbons (Fsp3) is 1.00. The van der Waals surface area contributed by atoms with Crippen LogP contribution in [0.2, 0.25) is 0 Å². The lowest BCUT2D eigenvalue weighted by Gasteiger charge is -2.34. The Bertz CT molecular complexity index is 389. The first-order valence-corrected chi connectivity index (χ1v) is 10.2. The average molecular weight is 319 g/mol. The molecule has 0 saturated heterocycles. The van der Waals surface area contributed by atoms with Crippen molar-refractivity contribution in [3.05, 3.63) is 0 Å². The van der Waals surface area contributed by atoms with Crippen molar-refractivity contribution in [2.24, 2.45) is 11.3 Å². The maximum atomic E-state index is 11.4. The molecular weight excluding hydrogens is 284 g/mol. The van der Waals surface area contributed by atoms with Crippen LogP contribution in [0, 0.1) is 11.3 Å². The van der Waals surface area contributed by atoms with Crippen molar-refractivity contribution >= 4 is 10.1 Å². The summed E-state index contributed by atoms with van der Waals surface area (Å²) in [5.41, 5.74) is 0.427. The smallest absolute Gasteiger partial charge is 0.267 e. The fourth-order valence-electron chi connectivity index (χ4n) is 3.48. The van der Waals surface area contributed by atoms with Crippen LogP contribution in [-0.2, 0) is 10.1 Å². The zero-order valence-electron chi connectivity index (χ0n) is 14.1. The average Bonchev–Trinajstić information content (AvgIpc) is 2.39. The molecule has 1 rings (SSSR count). The second-order valence-corrected chi connectivity index (χ2v) is 9.19. The Balaban J connectivity index is 2.61. The lowest BCUT2D eigenvalue weighted by atomic mass is 9.71. The molecule has 2 atom stereocenters. The maximum Gasteiger partial charge on any atom is 0.267 e. The molecule has 0 aliphatic heterocycles. The minimum Gasteiger partial charge on any atom is -0.285 e. The Morgan fingerprint density at radius 2 is 1.33 bits per heavy atom. The molecule has 0 heterocycles. The first-order chi connectivity index (χ1) is 9.76. The van der Waals surface area contributed by atoms with Crippen LogP contribution in [0.1, 0.15) is 91.4 Å². The molecule has 4 heteroatoms. The molecule has 1 aliphatic carbocycles. The van der Waals surface area contributed by atoms with Gasteiger partial charge in [0, 0.05) is 0 Å². The van der Waals surface area contributed by atoms with Gasteiger partial charge in [0.2, 0.25) is 0 Å². The molecule has 0 aromatic rings. The van der Waals surface area contributed by atoms with Gasteiger partial charge in [0.05, 0.1) is 5.25 Å². The first-order valence-electron chi connectivity index (χ1n) is 8.72. The first kappa shape index (κ1) is 19.0. The van der Waals surface area contributed by atoms with Gasteiger partial charge in [0.25, 0.3) is 10.1 Å². The lowest BCUT2D eigenvalue weighted by molar-refractivity contribution is 0.169. The van der Waals surface area contributed by atoms with E-state index >= 15 is 0 Å². The van der Waals surface area contributed by atoms with Gasteiger partial charge < -0.3 is 0 Å². The summed E-state index contributed by atoms with van der Waals surface area (Å²) in [6.45, 7) is 7.07. The van der Waals surface area contributed by atoms with Gasteiger partial charge in [-0.15, -0.1) is 0 Å². The molecule has 0 aromatic heterocycles. The summed E-state index contributed by atoms with van der Waals surface area (Å²) in [6.07, 6.45) is 11.4. The monoisotopic (exact) mass is 318 g/mol. The SMILES string of the molecule is CC(C)C1(C)CCCCCCC(S(=O)(=O)O)CCCCC1. The topological polar surface area (TPSA) is 54.4 Å². The Morgan fingerprint density at radius 3 is 1.76 bits per heavy atom. The highest BCUT2D eigenvalue weighted by Crippen LogP contribution is 2.38. The van der Waals surface area contributed by atoms with Crippen molar-refractivity contribution in [2.75, 3.05) is 0 Å². The lowest BCUT2D eigenvalue weighted by Crippen LogP contribution is -2.23. The minimum absolute atomic E-state index is 0.427. The van der Waals surface area contributed by atoms with E-state index in [1.807, 2.05) is 0 Å². The highest BCUT2D eigenvalue weighted by atomic mass is 32.2. The van der Waals surface area contributed by atoms with Crippen LogP contribution in [0.5, 0.6) is 0 Å². The van der Waals surface area contributed by atoms with Gasteiger partial charge in [0.15, 0.2) is 0 Å². The second kappa shape index (κ2) is 8.52. The van der Waals surface area contributed by atoms with E-state index in [1.165, 1.54) is 32.1 Å². The molecule has 1 N–H and O–H groups in total. The van der Waals surface area contributed by atoms with Crippen LogP contribution in [-0.4, -0.2) is 18.2 Å². The summed E-state index contributed by atoms with van der Waals surface area (Å²) in [4.78, 5) is 0. The molecule has 126 valence electrons. The summed E-state index contributed by atoms with van der Waals surface area (Å²) < 4.78 is 32.2. The number of hydrogen-bond acceptors (Lipinski definition) is 2. The molecule has 21 heavy (non-hydrogen) atoms. The van der Waals surface area contributed by atoms with Gasteiger partial charge in [-0.3, -0.25) is 4.55 Å². The molecule has 1 aliphatic rings. The Morgan fingerprint density at radius 1 is 0.905 bits per heavy atom. The van der Waals surface area contributed by atoms with Gasteiger partial charge in [-0.2, -0.15) is 8.42 Å². The third-order valence-electron chi connectivity index (χ3n) is 5.61.